The van der Waals surface area contributed by atoms with Crippen LogP contribution in [0.25, 0.3) is 0 Å². The van der Waals surface area contributed by atoms with Crippen molar-refractivity contribution in [3.05, 3.63) is 36.5 Å². The van der Waals surface area contributed by atoms with E-state index in [1.807, 2.05) is 18.2 Å². The Hall–Kier alpha value is -0.810. The minimum absolute atomic E-state index is 0. The molecule has 1 aromatic rings. The molecule has 0 unspecified atom stereocenters. The number of aromatic nitrogens is 1. The second-order valence-electron chi connectivity index (χ2n) is 3.94. The summed E-state index contributed by atoms with van der Waals surface area (Å²) in [4.78, 5) is 6.50. The van der Waals surface area contributed by atoms with Crippen LogP contribution in [0.5, 0.6) is 0 Å². The van der Waals surface area contributed by atoms with Gasteiger partial charge in [0.25, 0.3) is 0 Å². The molecular formula is C12H20Cl2N4. The molecule has 4 nitrogen and oxygen atoms in total. The molecule has 0 radical (unpaired) electrons. The number of nitrogens with one attached hydrogen (secondary N) is 1. The normalized spacial score (nSPS) is 17.1. The first-order chi connectivity index (χ1) is 7.83. The summed E-state index contributed by atoms with van der Waals surface area (Å²) in [5.41, 5.74) is 6.96. The Morgan fingerprint density at radius 1 is 1.39 bits per heavy atom. The number of hydrogen-bond donors (Lipinski definition) is 2. The summed E-state index contributed by atoms with van der Waals surface area (Å²) in [6, 6.07) is 4.12. The van der Waals surface area contributed by atoms with Crippen LogP contribution in [0.1, 0.15) is 11.6 Å². The Balaban J connectivity index is 0.00000144. The van der Waals surface area contributed by atoms with Crippen molar-refractivity contribution in [3.63, 3.8) is 0 Å². The summed E-state index contributed by atoms with van der Waals surface area (Å²) in [6.45, 7) is 7.98. The molecule has 1 fully saturated rings. The van der Waals surface area contributed by atoms with Gasteiger partial charge in [0.15, 0.2) is 0 Å². The fraction of sp³-hybridized carbons (Fsp3) is 0.417. The molecule has 0 bridgehead atoms. The predicted octanol–water partition coefficient (Wildman–Crippen LogP) is 1.64. The maximum Gasteiger partial charge on any atom is 0.128 e. The third kappa shape index (κ3) is 3.85. The lowest BCUT2D eigenvalue weighted by Gasteiger charge is -2.33. The molecule has 1 atom stereocenters. The van der Waals surface area contributed by atoms with E-state index < -0.39 is 0 Å². The van der Waals surface area contributed by atoms with E-state index in [1.165, 1.54) is 0 Å². The Morgan fingerprint density at radius 3 is 2.61 bits per heavy atom. The van der Waals surface area contributed by atoms with Crippen molar-refractivity contribution in [3.8, 4) is 0 Å². The average Bonchev–Trinajstić information content (AvgIpc) is 2.34. The summed E-state index contributed by atoms with van der Waals surface area (Å²) in [6.07, 6.45) is 3.66. The van der Waals surface area contributed by atoms with Gasteiger partial charge in [-0.05, 0) is 6.07 Å². The number of pyridine rings is 1. The van der Waals surface area contributed by atoms with E-state index in [9.17, 15) is 0 Å². The highest BCUT2D eigenvalue weighted by molar-refractivity contribution is 5.85. The number of hydrogen-bond acceptors (Lipinski definition) is 4. The van der Waals surface area contributed by atoms with E-state index in [1.54, 1.807) is 6.20 Å². The molecule has 0 aliphatic carbocycles. The fourth-order valence-electron chi connectivity index (χ4n) is 2.11. The van der Waals surface area contributed by atoms with E-state index in [-0.39, 0.29) is 30.9 Å². The molecule has 1 aromatic heterocycles. The zero-order valence-electron chi connectivity index (χ0n) is 10.2. The van der Waals surface area contributed by atoms with Crippen LogP contribution >= 0.6 is 24.8 Å². The SMILES string of the molecule is C=C[C@H](c1cccnc1N)N1CCNCC1.Cl.Cl. The Labute approximate surface area is 120 Å². The molecular weight excluding hydrogens is 271 g/mol. The number of rotatable bonds is 3. The first kappa shape index (κ1) is 17.2. The van der Waals surface area contributed by atoms with Gasteiger partial charge in [-0.25, -0.2) is 4.98 Å². The number of anilines is 1. The van der Waals surface area contributed by atoms with Crippen LogP contribution in [0.15, 0.2) is 31.0 Å². The summed E-state index contributed by atoms with van der Waals surface area (Å²) in [5, 5.41) is 3.34. The average molecular weight is 291 g/mol. The first-order valence-electron chi connectivity index (χ1n) is 5.60. The highest BCUT2D eigenvalue weighted by Gasteiger charge is 2.21. The van der Waals surface area contributed by atoms with Gasteiger partial charge in [-0.15, -0.1) is 31.4 Å². The molecule has 0 amide bonds. The number of nitrogens with two attached hydrogens (primary N) is 1. The van der Waals surface area contributed by atoms with E-state index in [2.05, 4.69) is 21.8 Å². The largest absolute Gasteiger partial charge is 0.383 e. The zero-order valence-corrected chi connectivity index (χ0v) is 11.8. The summed E-state index contributed by atoms with van der Waals surface area (Å²) < 4.78 is 0. The predicted molar refractivity (Wildman–Crippen MR) is 80.5 cm³/mol. The monoisotopic (exact) mass is 290 g/mol. The Morgan fingerprint density at radius 2 is 2.06 bits per heavy atom. The van der Waals surface area contributed by atoms with Crippen LogP contribution in [0.2, 0.25) is 0 Å². The van der Waals surface area contributed by atoms with Crippen molar-refractivity contribution in [2.45, 2.75) is 6.04 Å². The molecule has 2 heterocycles. The highest BCUT2D eigenvalue weighted by atomic mass is 35.5. The Bertz CT molecular complexity index is 367. The standard InChI is InChI=1S/C12H18N4.2ClH/c1-2-11(16-8-6-14-7-9-16)10-4-3-5-15-12(10)13;;/h2-5,11,14H,1,6-9H2,(H2,13,15);2*1H/t11-;;/m1../s1. The molecule has 102 valence electrons. The lowest BCUT2D eigenvalue weighted by Crippen LogP contribution is -2.44. The van der Waals surface area contributed by atoms with Gasteiger partial charge in [0.1, 0.15) is 5.82 Å². The fourth-order valence-corrected chi connectivity index (χ4v) is 2.11. The Kier molecular flexibility index (Phi) is 7.95. The maximum atomic E-state index is 5.90. The molecule has 0 saturated carbocycles. The van der Waals surface area contributed by atoms with Crippen molar-refractivity contribution in [2.75, 3.05) is 31.9 Å². The van der Waals surface area contributed by atoms with Gasteiger partial charge in [0.2, 0.25) is 0 Å². The van der Waals surface area contributed by atoms with Crippen LogP contribution in [-0.2, 0) is 0 Å². The molecule has 3 N–H and O–H groups in total. The van der Waals surface area contributed by atoms with Gasteiger partial charge < -0.3 is 11.1 Å². The summed E-state index contributed by atoms with van der Waals surface area (Å²) >= 11 is 0. The minimum Gasteiger partial charge on any atom is -0.383 e. The lowest BCUT2D eigenvalue weighted by atomic mass is 10.1. The molecule has 1 aliphatic heterocycles. The molecule has 18 heavy (non-hydrogen) atoms. The molecule has 0 spiro atoms. The number of nitrogens with zero attached hydrogens (tertiary/aromatic N) is 2. The molecule has 6 heteroatoms. The van der Waals surface area contributed by atoms with Gasteiger partial charge in [0, 0.05) is 37.9 Å². The minimum atomic E-state index is 0. The van der Waals surface area contributed by atoms with Crippen molar-refractivity contribution >= 4 is 30.6 Å². The van der Waals surface area contributed by atoms with Gasteiger partial charge in [-0.3, -0.25) is 4.90 Å². The molecule has 1 saturated heterocycles. The van der Waals surface area contributed by atoms with Crippen LogP contribution in [-0.4, -0.2) is 36.1 Å². The third-order valence-corrected chi connectivity index (χ3v) is 2.96. The van der Waals surface area contributed by atoms with Gasteiger partial charge in [-0.1, -0.05) is 12.1 Å². The topological polar surface area (TPSA) is 54.2 Å². The number of nitrogen functional groups attached to an aromatic ring is 1. The second-order valence-corrected chi connectivity index (χ2v) is 3.94. The highest BCUT2D eigenvalue weighted by Crippen LogP contribution is 2.25. The third-order valence-electron chi connectivity index (χ3n) is 2.96. The summed E-state index contributed by atoms with van der Waals surface area (Å²) in [5.74, 6) is 0.603. The van der Waals surface area contributed by atoms with Crippen molar-refractivity contribution in [2.24, 2.45) is 0 Å². The van der Waals surface area contributed by atoms with E-state index in [4.69, 9.17) is 5.73 Å². The number of piperazine rings is 1. The van der Waals surface area contributed by atoms with Crippen LogP contribution < -0.4 is 11.1 Å². The second kappa shape index (κ2) is 8.32. The van der Waals surface area contributed by atoms with Crippen LogP contribution in [0.4, 0.5) is 5.82 Å². The van der Waals surface area contributed by atoms with E-state index in [0.717, 1.165) is 31.7 Å². The summed E-state index contributed by atoms with van der Waals surface area (Å²) in [7, 11) is 0. The van der Waals surface area contributed by atoms with Gasteiger partial charge in [0.05, 0.1) is 6.04 Å². The smallest absolute Gasteiger partial charge is 0.128 e. The molecule has 2 rings (SSSR count). The van der Waals surface area contributed by atoms with Crippen molar-refractivity contribution in [1.82, 2.24) is 15.2 Å². The lowest BCUT2D eigenvalue weighted by molar-refractivity contribution is 0.204. The van der Waals surface area contributed by atoms with Crippen molar-refractivity contribution in [1.29, 1.82) is 0 Å². The van der Waals surface area contributed by atoms with Crippen LogP contribution in [0, 0.1) is 0 Å². The van der Waals surface area contributed by atoms with Gasteiger partial charge in [-0.2, -0.15) is 0 Å². The van der Waals surface area contributed by atoms with E-state index in [0.29, 0.717) is 5.82 Å². The molecule has 0 aromatic carbocycles. The number of halogens is 2. The van der Waals surface area contributed by atoms with Crippen LogP contribution in [0.3, 0.4) is 0 Å². The van der Waals surface area contributed by atoms with E-state index >= 15 is 0 Å². The molecule has 1 aliphatic rings. The van der Waals surface area contributed by atoms with Gasteiger partial charge >= 0.3 is 0 Å². The maximum absolute atomic E-state index is 5.90. The first-order valence-corrected chi connectivity index (χ1v) is 5.60. The zero-order chi connectivity index (χ0) is 11.4. The van der Waals surface area contributed by atoms with Crippen molar-refractivity contribution < 1.29 is 0 Å². The quantitative estimate of drug-likeness (QED) is 0.831.